The van der Waals surface area contributed by atoms with Crippen LogP contribution in [0.3, 0.4) is 0 Å². The van der Waals surface area contributed by atoms with Crippen molar-refractivity contribution in [2.45, 2.75) is 33.4 Å². The van der Waals surface area contributed by atoms with Crippen LogP contribution in [-0.4, -0.2) is 60.6 Å². The molecular weight excluding hydrogens is 693 g/mol. The van der Waals surface area contributed by atoms with E-state index >= 15 is 0 Å². The molecule has 53 heavy (non-hydrogen) atoms. The summed E-state index contributed by atoms with van der Waals surface area (Å²) in [7, 11) is 1.65. The smallest absolute Gasteiger partial charge is 0.246 e. The maximum Gasteiger partial charge on any atom is 0.246 e. The molecule has 8 nitrogen and oxygen atoms in total. The molecule has 6 rings (SSSR count). The van der Waals surface area contributed by atoms with Gasteiger partial charge in [0.1, 0.15) is 29.7 Å². The van der Waals surface area contributed by atoms with Crippen molar-refractivity contribution in [1.82, 2.24) is 14.8 Å². The monoisotopic (exact) mass is 735 g/mol. The van der Waals surface area contributed by atoms with E-state index in [1.165, 1.54) is 17.2 Å². The molecule has 0 radical (unpaired) electrons. The highest BCUT2D eigenvalue weighted by Gasteiger charge is 2.20. The van der Waals surface area contributed by atoms with Gasteiger partial charge in [-0.1, -0.05) is 48.0 Å². The first-order chi connectivity index (χ1) is 25.7. The number of hydrogen-bond acceptors (Lipinski definition) is 7. The standard InChI is InChI=1S/C43H43ClFN3O5/c1-30-4-5-35(26-40(30)45)29-52-38-15-16-41(46-27-38)53-43-31(2)24-34(25-39(43)44)10-17-42(49)48-21-19-47(20-22-48)28-33-8-6-32(7-9-33)18-23-51-37-13-11-36(50-3)12-14-37/h4-17,24-27H,18-23,28-29H2,1-3H3. The quantitative estimate of drug-likeness (QED) is 0.106. The van der Waals surface area contributed by atoms with Crippen LogP contribution in [0, 0.1) is 19.7 Å². The van der Waals surface area contributed by atoms with Crippen molar-refractivity contribution in [2.75, 3.05) is 39.9 Å². The molecule has 0 bridgehead atoms. The lowest BCUT2D eigenvalue weighted by Crippen LogP contribution is -2.47. The third kappa shape index (κ3) is 10.6. The van der Waals surface area contributed by atoms with Crippen molar-refractivity contribution in [3.05, 3.63) is 147 Å². The van der Waals surface area contributed by atoms with E-state index in [1.807, 2.05) is 48.2 Å². The molecule has 0 spiro atoms. The summed E-state index contributed by atoms with van der Waals surface area (Å²) in [5, 5.41) is 0.407. The summed E-state index contributed by atoms with van der Waals surface area (Å²) in [6.07, 6.45) is 5.76. The van der Waals surface area contributed by atoms with Crippen LogP contribution in [0.25, 0.3) is 6.08 Å². The molecule has 2 heterocycles. The Labute approximate surface area is 315 Å². The number of piperazine rings is 1. The second kappa shape index (κ2) is 17.9. The van der Waals surface area contributed by atoms with E-state index < -0.39 is 0 Å². The zero-order chi connectivity index (χ0) is 37.2. The summed E-state index contributed by atoms with van der Waals surface area (Å²) in [5.41, 5.74) is 5.40. The van der Waals surface area contributed by atoms with E-state index in [0.29, 0.717) is 47.7 Å². The number of benzene rings is 4. The van der Waals surface area contributed by atoms with Gasteiger partial charge in [0.05, 0.1) is 24.9 Å². The number of carbonyl (C=O) groups excluding carboxylic acids is 1. The molecule has 1 fully saturated rings. The Kier molecular flexibility index (Phi) is 12.6. The first kappa shape index (κ1) is 37.4. The Balaban J connectivity index is 0.928. The fourth-order valence-corrected chi connectivity index (χ4v) is 6.23. The highest BCUT2D eigenvalue weighted by Crippen LogP contribution is 2.34. The zero-order valence-electron chi connectivity index (χ0n) is 30.2. The Hall–Kier alpha value is -5.38. The summed E-state index contributed by atoms with van der Waals surface area (Å²) < 4.78 is 36.6. The lowest BCUT2D eigenvalue weighted by atomic mass is 10.1. The summed E-state index contributed by atoms with van der Waals surface area (Å²) in [6.45, 7) is 8.23. The number of carbonyl (C=O) groups is 1. The number of aryl methyl sites for hydroxylation is 2. The minimum Gasteiger partial charge on any atom is -0.497 e. The average molecular weight is 736 g/mol. The molecule has 0 unspecified atom stereocenters. The lowest BCUT2D eigenvalue weighted by Gasteiger charge is -2.34. The molecule has 1 amide bonds. The van der Waals surface area contributed by atoms with Crippen LogP contribution in [0.1, 0.15) is 33.4 Å². The minimum absolute atomic E-state index is 0.0287. The number of amides is 1. The number of pyridine rings is 1. The normalized spacial score (nSPS) is 13.3. The van der Waals surface area contributed by atoms with Gasteiger partial charge in [0.25, 0.3) is 0 Å². The van der Waals surface area contributed by atoms with Crippen molar-refractivity contribution in [3.63, 3.8) is 0 Å². The molecule has 0 N–H and O–H groups in total. The second-order valence-corrected chi connectivity index (χ2v) is 13.4. The number of rotatable bonds is 14. The van der Waals surface area contributed by atoms with Gasteiger partial charge in [-0.2, -0.15) is 0 Å². The van der Waals surface area contributed by atoms with E-state index in [9.17, 15) is 9.18 Å². The van der Waals surface area contributed by atoms with Crippen molar-refractivity contribution in [3.8, 4) is 28.9 Å². The maximum absolute atomic E-state index is 13.8. The Bertz CT molecular complexity index is 1990. The molecule has 10 heteroatoms. The van der Waals surface area contributed by atoms with Gasteiger partial charge in [-0.25, -0.2) is 9.37 Å². The van der Waals surface area contributed by atoms with E-state index in [0.717, 1.165) is 54.2 Å². The number of methoxy groups -OCH3 is 1. The van der Waals surface area contributed by atoms with Crippen molar-refractivity contribution >= 4 is 23.6 Å². The van der Waals surface area contributed by atoms with Gasteiger partial charge in [0.15, 0.2) is 5.75 Å². The Morgan fingerprint density at radius 3 is 2.19 bits per heavy atom. The van der Waals surface area contributed by atoms with Crippen LogP contribution in [-0.2, 0) is 24.4 Å². The first-order valence-electron chi connectivity index (χ1n) is 17.6. The number of halogens is 2. The van der Waals surface area contributed by atoms with Crippen LogP contribution in [0.5, 0.6) is 28.9 Å². The van der Waals surface area contributed by atoms with Gasteiger partial charge in [0.2, 0.25) is 11.8 Å². The predicted molar refractivity (Wildman–Crippen MR) is 205 cm³/mol. The highest BCUT2D eigenvalue weighted by molar-refractivity contribution is 6.32. The third-order valence-corrected chi connectivity index (χ3v) is 9.34. The fourth-order valence-electron chi connectivity index (χ4n) is 5.92. The van der Waals surface area contributed by atoms with Gasteiger partial charge in [-0.3, -0.25) is 9.69 Å². The van der Waals surface area contributed by atoms with Crippen molar-refractivity contribution in [2.24, 2.45) is 0 Å². The molecular formula is C43H43ClFN3O5. The van der Waals surface area contributed by atoms with E-state index in [4.69, 9.17) is 30.5 Å². The van der Waals surface area contributed by atoms with E-state index in [2.05, 4.69) is 34.1 Å². The molecule has 4 aromatic carbocycles. The lowest BCUT2D eigenvalue weighted by molar-refractivity contribution is -0.127. The molecule has 1 aliphatic rings. The van der Waals surface area contributed by atoms with Gasteiger partial charge >= 0.3 is 0 Å². The Morgan fingerprint density at radius 2 is 1.51 bits per heavy atom. The van der Waals surface area contributed by atoms with Crippen molar-refractivity contribution in [1.29, 1.82) is 0 Å². The van der Waals surface area contributed by atoms with Gasteiger partial charge < -0.3 is 23.8 Å². The molecule has 0 aliphatic carbocycles. The highest BCUT2D eigenvalue weighted by atomic mass is 35.5. The van der Waals surface area contributed by atoms with Crippen LogP contribution in [0.2, 0.25) is 5.02 Å². The summed E-state index contributed by atoms with van der Waals surface area (Å²) >= 11 is 6.61. The topological polar surface area (TPSA) is 73.4 Å². The summed E-state index contributed by atoms with van der Waals surface area (Å²) in [5.74, 6) is 2.71. The summed E-state index contributed by atoms with van der Waals surface area (Å²) in [6, 6.07) is 28.4. The average Bonchev–Trinajstić information content (AvgIpc) is 3.17. The Morgan fingerprint density at radius 1 is 0.811 bits per heavy atom. The number of nitrogens with zero attached hydrogens (tertiary/aromatic N) is 3. The van der Waals surface area contributed by atoms with Crippen LogP contribution >= 0.6 is 11.6 Å². The second-order valence-electron chi connectivity index (χ2n) is 13.0. The molecule has 5 aromatic rings. The fraction of sp³-hybridized carbons (Fsp3) is 0.256. The van der Waals surface area contributed by atoms with Gasteiger partial charge in [-0.05, 0) is 102 Å². The number of hydrogen-bond donors (Lipinski definition) is 0. The van der Waals surface area contributed by atoms with E-state index in [1.54, 1.807) is 56.6 Å². The predicted octanol–water partition coefficient (Wildman–Crippen LogP) is 8.85. The summed E-state index contributed by atoms with van der Waals surface area (Å²) in [4.78, 5) is 21.6. The minimum atomic E-state index is -0.262. The SMILES string of the molecule is COc1ccc(OCCc2ccc(CN3CCN(C(=O)C=Cc4cc(C)c(Oc5ccc(OCc6ccc(C)c(F)c6)cn5)c(Cl)c4)CC3)cc2)cc1. The molecule has 274 valence electrons. The van der Waals surface area contributed by atoms with Gasteiger partial charge in [-0.15, -0.1) is 0 Å². The van der Waals surface area contributed by atoms with Gasteiger partial charge in [0, 0.05) is 51.3 Å². The first-order valence-corrected chi connectivity index (χ1v) is 18.0. The number of ether oxygens (including phenoxy) is 4. The zero-order valence-corrected chi connectivity index (χ0v) is 30.9. The molecule has 0 saturated carbocycles. The van der Waals surface area contributed by atoms with E-state index in [-0.39, 0.29) is 18.3 Å². The van der Waals surface area contributed by atoms with Crippen LogP contribution < -0.4 is 18.9 Å². The largest absolute Gasteiger partial charge is 0.497 e. The molecule has 0 atom stereocenters. The maximum atomic E-state index is 13.8. The number of aromatic nitrogens is 1. The molecule has 1 aromatic heterocycles. The third-order valence-electron chi connectivity index (χ3n) is 9.06. The molecule has 1 saturated heterocycles. The van der Waals surface area contributed by atoms with Crippen LogP contribution in [0.4, 0.5) is 4.39 Å². The van der Waals surface area contributed by atoms with Crippen molar-refractivity contribution < 1.29 is 28.1 Å². The molecule has 1 aliphatic heterocycles. The van der Waals surface area contributed by atoms with Crippen LogP contribution in [0.15, 0.2) is 103 Å².